The Morgan fingerprint density at radius 1 is 1.00 bits per heavy atom. The second-order valence-corrected chi connectivity index (χ2v) is 9.06. The summed E-state index contributed by atoms with van der Waals surface area (Å²) in [6, 6.07) is 2.73. The van der Waals surface area contributed by atoms with Crippen LogP contribution >= 0.6 is 0 Å². The van der Waals surface area contributed by atoms with E-state index in [2.05, 4.69) is 25.0 Å². The Bertz CT molecular complexity index is 1150. The van der Waals surface area contributed by atoms with Gasteiger partial charge in [0, 0.05) is 38.1 Å². The highest BCUT2D eigenvalue weighted by atomic mass is 19.4. The van der Waals surface area contributed by atoms with Crippen LogP contribution in [0.15, 0.2) is 30.7 Å². The molecule has 0 radical (unpaired) electrons. The first-order valence-corrected chi connectivity index (χ1v) is 11.2. The highest BCUT2D eigenvalue weighted by molar-refractivity contribution is 5.71. The number of alkyl halides is 5. The summed E-state index contributed by atoms with van der Waals surface area (Å²) in [5.41, 5.74) is 0.488. The summed E-state index contributed by atoms with van der Waals surface area (Å²) in [6.45, 7) is 2.30. The molecule has 5 rings (SSSR count). The number of piperidine rings is 2. The molecule has 0 atom stereocenters. The fourth-order valence-electron chi connectivity index (χ4n) is 5.08. The average Bonchev–Trinajstić information content (AvgIpc) is 3.20. The van der Waals surface area contributed by atoms with Gasteiger partial charge in [-0.25, -0.2) is 23.4 Å². The Balaban J connectivity index is 1.30. The van der Waals surface area contributed by atoms with Gasteiger partial charge in [0.1, 0.15) is 23.6 Å². The maximum absolute atomic E-state index is 13.0. The van der Waals surface area contributed by atoms with Crippen LogP contribution < -0.4 is 9.80 Å². The molecule has 2 saturated heterocycles. The molecule has 12 heteroatoms. The van der Waals surface area contributed by atoms with E-state index in [0.717, 1.165) is 44.8 Å². The van der Waals surface area contributed by atoms with Gasteiger partial charge in [-0.05, 0) is 43.2 Å². The summed E-state index contributed by atoms with van der Waals surface area (Å²) in [5.74, 6) is 0.633. The summed E-state index contributed by atoms with van der Waals surface area (Å²) in [4.78, 5) is 16.5. The van der Waals surface area contributed by atoms with E-state index >= 15 is 0 Å². The summed E-state index contributed by atoms with van der Waals surface area (Å²) in [5, 5.41) is 3.98. The highest BCUT2D eigenvalue weighted by Gasteiger charge is 2.39. The van der Waals surface area contributed by atoms with Crippen molar-refractivity contribution in [2.75, 3.05) is 36.0 Å². The lowest BCUT2D eigenvalue weighted by Crippen LogP contribution is -2.50. The smallest absolute Gasteiger partial charge is 0.371 e. The Morgan fingerprint density at radius 2 is 1.79 bits per heavy atom. The van der Waals surface area contributed by atoms with Crippen molar-refractivity contribution < 1.29 is 22.0 Å². The van der Waals surface area contributed by atoms with Crippen molar-refractivity contribution in [3.63, 3.8) is 0 Å². The third-order valence-electron chi connectivity index (χ3n) is 6.85. The fraction of sp³-hybridized carbons (Fsp3) is 0.545. The monoisotopic (exact) mass is 481 g/mol. The first kappa shape index (κ1) is 22.7. The number of hydrogen-bond acceptors (Lipinski definition) is 6. The topological polar surface area (TPSA) is 63.0 Å². The summed E-state index contributed by atoms with van der Waals surface area (Å²) >= 11 is 0. The zero-order valence-electron chi connectivity index (χ0n) is 18.3. The molecule has 182 valence electrons. The van der Waals surface area contributed by atoms with Gasteiger partial charge >= 0.3 is 6.18 Å². The summed E-state index contributed by atoms with van der Waals surface area (Å²) in [6.07, 6.45) is 0.945. The van der Waals surface area contributed by atoms with Gasteiger partial charge < -0.3 is 9.80 Å². The zero-order valence-corrected chi connectivity index (χ0v) is 18.3. The SMILES string of the molecule is FC(F)Cn1ncc2ncc(N3CCCC4(CCN(c5ccnc(C(F)(F)F)c5)CC4)C3)nc21. The number of fused-ring (bicyclic) bond motifs is 1. The number of pyridine rings is 1. The molecular formula is C22H24F5N7. The standard InChI is InChI=1S/C22H24F5N7/c23-18(24)13-34-20-16(11-30-34)29-12-19(31-20)33-7-1-3-21(14-33)4-8-32(9-5-21)15-2-6-28-17(10-15)22(25,26)27/h2,6,10-12,18H,1,3-5,7-9,13-14H2. The first-order valence-electron chi connectivity index (χ1n) is 11.2. The van der Waals surface area contributed by atoms with E-state index in [1.165, 1.54) is 17.1 Å². The molecule has 5 heterocycles. The predicted octanol–water partition coefficient (Wildman–Crippen LogP) is 4.39. The van der Waals surface area contributed by atoms with Gasteiger partial charge in [-0.1, -0.05) is 0 Å². The molecule has 3 aromatic heterocycles. The van der Waals surface area contributed by atoms with Crippen LogP contribution in [0.4, 0.5) is 33.5 Å². The molecule has 0 amide bonds. The average molecular weight is 481 g/mol. The van der Waals surface area contributed by atoms with Crippen LogP contribution in [-0.4, -0.2) is 57.3 Å². The van der Waals surface area contributed by atoms with E-state index in [1.54, 1.807) is 12.3 Å². The number of halogens is 5. The van der Waals surface area contributed by atoms with Crippen molar-refractivity contribution in [2.45, 2.75) is 44.8 Å². The zero-order chi connectivity index (χ0) is 23.9. The molecule has 0 aliphatic carbocycles. The second kappa shape index (κ2) is 8.62. The van der Waals surface area contributed by atoms with E-state index in [9.17, 15) is 22.0 Å². The summed E-state index contributed by atoms with van der Waals surface area (Å²) in [7, 11) is 0. The molecule has 0 unspecified atom stereocenters. The molecule has 0 N–H and O–H groups in total. The van der Waals surface area contributed by atoms with Gasteiger partial charge in [0.05, 0.1) is 12.4 Å². The molecule has 0 aromatic carbocycles. The molecule has 2 aliphatic heterocycles. The number of rotatable bonds is 4. The second-order valence-electron chi connectivity index (χ2n) is 9.06. The Morgan fingerprint density at radius 3 is 2.53 bits per heavy atom. The Kier molecular flexibility index (Phi) is 5.76. The van der Waals surface area contributed by atoms with E-state index in [1.807, 2.05) is 4.90 Å². The van der Waals surface area contributed by atoms with Crippen molar-refractivity contribution in [3.05, 3.63) is 36.4 Å². The lowest BCUT2D eigenvalue weighted by Gasteiger charge is -2.48. The third-order valence-corrected chi connectivity index (χ3v) is 6.85. The number of anilines is 2. The fourth-order valence-corrected chi connectivity index (χ4v) is 5.08. The van der Waals surface area contributed by atoms with Crippen molar-refractivity contribution in [2.24, 2.45) is 5.41 Å². The van der Waals surface area contributed by atoms with Crippen molar-refractivity contribution >= 4 is 22.7 Å². The first-order chi connectivity index (χ1) is 16.2. The van der Waals surface area contributed by atoms with Gasteiger partial charge in [-0.15, -0.1) is 0 Å². The van der Waals surface area contributed by atoms with Gasteiger partial charge in [-0.3, -0.25) is 4.98 Å². The van der Waals surface area contributed by atoms with Crippen molar-refractivity contribution in [1.82, 2.24) is 24.7 Å². The predicted molar refractivity (Wildman–Crippen MR) is 116 cm³/mol. The van der Waals surface area contributed by atoms with Crippen LogP contribution in [0.25, 0.3) is 11.2 Å². The molecule has 2 fully saturated rings. The largest absolute Gasteiger partial charge is 0.433 e. The van der Waals surface area contributed by atoms with E-state index in [0.29, 0.717) is 35.8 Å². The number of aromatic nitrogens is 5. The lowest BCUT2D eigenvalue weighted by atomic mass is 9.72. The Hall–Kier alpha value is -3.05. The van der Waals surface area contributed by atoms with E-state index in [-0.39, 0.29) is 5.41 Å². The minimum atomic E-state index is -4.47. The minimum Gasteiger partial charge on any atom is -0.371 e. The Labute approximate surface area is 192 Å². The minimum absolute atomic E-state index is 0.0223. The highest BCUT2D eigenvalue weighted by Crippen LogP contribution is 2.42. The van der Waals surface area contributed by atoms with Crippen LogP contribution in [0.3, 0.4) is 0 Å². The van der Waals surface area contributed by atoms with Crippen molar-refractivity contribution in [3.8, 4) is 0 Å². The van der Waals surface area contributed by atoms with E-state index in [4.69, 9.17) is 0 Å². The number of nitrogens with zero attached hydrogens (tertiary/aromatic N) is 7. The van der Waals surface area contributed by atoms with Crippen molar-refractivity contribution in [1.29, 1.82) is 0 Å². The quantitative estimate of drug-likeness (QED) is 0.515. The molecule has 2 aliphatic rings. The molecule has 0 saturated carbocycles. The van der Waals surface area contributed by atoms with Crippen LogP contribution in [0.2, 0.25) is 0 Å². The normalized spacial score (nSPS) is 18.9. The molecule has 1 spiro atoms. The molecule has 34 heavy (non-hydrogen) atoms. The van der Waals surface area contributed by atoms with Gasteiger partial charge in [0.2, 0.25) is 0 Å². The lowest BCUT2D eigenvalue weighted by molar-refractivity contribution is -0.141. The van der Waals surface area contributed by atoms with Crippen LogP contribution in [0.5, 0.6) is 0 Å². The van der Waals surface area contributed by atoms with E-state index < -0.39 is 24.8 Å². The third kappa shape index (κ3) is 4.49. The molecule has 7 nitrogen and oxygen atoms in total. The van der Waals surface area contributed by atoms with Gasteiger partial charge in [0.15, 0.2) is 5.65 Å². The van der Waals surface area contributed by atoms with Gasteiger partial charge in [-0.2, -0.15) is 18.3 Å². The van der Waals surface area contributed by atoms with Crippen LogP contribution in [0, 0.1) is 5.41 Å². The molecule has 3 aromatic rings. The molecule has 0 bridgehead atoms. The van der Waals surface area contributed by atoms with Crippen LogP contribution in [-0.2, 0) is 12.7 Å². The summed E-state index contributed by atoms with van der Waals surface area (Å²) < 4.78 is 66.1. The van der Waals surface area contributed by atoms with Gasteiger partial charge in [0.25, 0.3) is 6.43 Å². The number of hydrogen-bond donors (Lipinski definition) is 0. The molecular weight excluding hydrogens is 457 g/mol. The van der Waals surface area contributed by atoms with Crippen LogP contribution in [0.1, 0.15) is 31.4 Å². The maximum atomic E-state index is 13.0. The maximum Gasteiger partial charge on any atom is 0.433 e.